The van der Waals surface area contributed by atoms with Crippen molar-refractivity contribution in [2.75, 3.05) is 6.54 Å². The van der Waals surface area contributed by atoms with Gasteiger partial charge in [-0.3, -0.25) is 4.79 Å². The maximum absolute atomic E-state index is 13.4. The van der Waals surface area contributed by atoms with E-state index in [9.17, 15) is 9.18 Å². The fraction of sp³-hybridized carbons (Fsp3) is 0.222. The van der Waals surface area contributed by atoms with Gasteiger partial charge in [0.2, 0.25) is 5.91 Å². The molecule has 0 unspecified atom stereocenters. The lowest BCUT2D eigenvalue weighted by Gasteiger charge is -2.11. The predicted octanol–water partition coefficient (Wildman–Crippen LogP) is 1.12. The molecule has 0 aromatic heterocycles. The summed E-state index contributed by atoms with van der Waals surface area (Å²) < 4.78 is 14.0. The summed E-state index contributed by atoms with van der Waals surface area (Å²) in [6, 6.07) is 4.42. The maximum Gasteiger partial charge on any atom is 0.226 e. The summed E-state index contributed by atoms with van der Waals surface area (Å²) in [7, 11) is 0. The first-order chi connectivity index (χ1) is 6.56. The van der Waals surface area contributed by atoms with Crippen molar-refractivity contribution in [3.05, 3.63) is 34.1 Å². The largest absolute Gasteiger partial charge is 0.369 e. The van der Waals surface area contributed by atoms with Crippen molar-refractivity contribution < 1.29 is 9.18 Å². The van der Waals surface area contributed by atoms with E-state index in [0.717, 1.165) is 0 Å². The topological polar surface area (TPSA) is 69.1 Å². The van der Waals surface area contributed by atoms with Gasteiger partial charge in [-0.1, -0.05) is 22.0 Å². The van der Waals surface area contributed by atoms with E-state index in [1.54, 1.807) is 6.07 Å². The monoisotopic (exact) mass is 260 g/mol. The number of nitrogens with two attached hydrogens (primary N) is 2. The maximum atomic E-state index is 13.4. The number of primary amides is 1. The van der Waals surface area contributed by atoms with Gasteiger partial charge in [-0.15, -0.1) is 0 Å². The van der Waals surface area contributed by atoms with E-state index in [1.165, 1.54) is 12.1 Å². The van der Waals surface area contributed by atoms with Crippen LogP contribution in [0.3, 0.4) is 0 Å². The van der Waals surface area contributed by atoms with Gasteiger partial charge in [-0.05, 0) is 12.1 Å². The Morgan fingerprint density at radius 2 is 2.21 bits per heavy atom. The molecule has 5 heteroatoms. The molecule has 1 rings (SSSR count). The van der Waals surface area contributed by atoms with Gasteiger partial charge in [0.05, 0.1) is 5.92 Å². The van der Waals surface area contributed by atoms with Crippen LogP contribution in [-0.2, 0) is 4.79 Å². The molecule has 1 atom stereocenters. The zero-order valence-corrected chi connectivity index (χ0v) is 8.92. The molecule has 1 amide bonds. The van der Waals surface area contributed by atoms with Gasteiger partial charge in [-0.25, -0.2) is 4.39 Å². The van der Waals surface area contributed by atoms with Crippen molar-refractivity contribution in [1.29, 1.82) is 0 Å². The second kappa shape index (κ2) is 4.52. The molecule has 0 bridgehead atoms. The Labute approximate surface area is 89.4 Å². The third kappa shape index (κ3) is 2.30. The van der Waals surface area contributed by atoms with Crippen molar-refractivity contribution in [2.45, 2.75) is 5.92 Å². The SMILES string of the molecule is NC[C@@H](C(N)=O)c1ccc(Br)cc1F. The molecule has 0 aliphatic carbocycles. The molecule has 1 aromatic carbocycles. The number of benzene rings is 1. The van der Waals surface area contributed by atoms with Crippen LogP contribution in [-0.4, -0.2) is 12.5 Å². The third-order valence-corrected chi connectivity index (χ3v) is 2.41. The van der Waals surface area contributed by atoms with Gasteiger partial charge < -0.3 is 11.5 Å². The molecule has 4 N–H and O–H groups in total. The van der Waals surface area contributed by atoms with Crippen LogP contribution in [0.2, 0.25) is 0 Å². The molecular formula is C9H10BrFN2O. The molecule has 14 heavy (non-hydrogen) atoms. The fourth-order valence-electron chi connectivity index (χ4n) is 1.18. The molecule has 0 spiro atoms. The Morgan fingerprint density at radius 1 is 1.57 bits per heavy atom. The van der Waals surface area contributed by atoms with E-state index >= 15 is 0 Å². The van der Waals surface area contributed by atoms with Crippen LogP contribution in [0.5, 0.6) is 0 Å². The minimum Gasteiger partial charge on any atom is -0.369 e. The number of hydrogen-bond donors (Lipinski definition) is 2. The molecule has 0 saturated heterocycles. The van der Waals surface area contributed by atoms with E-state index in [2.05, 4.69) is 15.9 Å². The molecule has 76 valence electrons. The minimum absolute atomic E-state index is 0.00782. The van der Waals surface area contributed by atoms with Crippen molar-refractivity contribution in [3.8, 4) is 0 Å². The van der Waals surface area contributed by atoms with Crippen molar-refractivity contribution in [1.82, 2.24) is 0 Å². The van der Waals surface area contributed by atoms with Crippen LogP contribution in [0, 0.1) is 5.82 Å². The average Bonchev–Trinajstić information content (AvgIpc) is 2.09. The average molecular weight is 261 g/mol. The zero-order valence-electron chi connectivity index (χ0n) is 7.34. The highest BCUT2D eigenvalue weighted by Crippen LogP contribution is 2.21. The van der Waals surface area contributed by atoms with Crippen LogP contribution in [0.1, 0.15) is 11.5 Å². The van der Waals surface area contributed by atoms with Crippen molar-refractivity contribution in [3.63, 3.8) is 0 Å². The van der Waals surface area contributed by atoms with E-state index in [1.807, 2.05) is 0 Å². The highest BCUT2D eigenvalue weighted by atomic mass is 79.9. The Morgan fingerprint density at radius 3 is 2.64 bits per heavy atom. The normalized spacial score (nSPS) is 12.5. The van der Waals surface area contributed by atoms with Crippen LogP contribution in [0.15, 0.2) is 22.7 Å². The number of carbonyl (C=O) groups is 1. The zero-order chi connectivity index (χ0) is 10.7. The van der Waals surface area contributed by atoms with E-state index in [-0.39, 0.29) is 12.1 Å². The van der Waals surface area contributed by atoms with Crippen LogP contribution in [0.4, 0.5) is 4.39 Å². The second-order valence-electron chi connectivity index (χ2n) is 2.86. The van der Waals surface area contributed by atoms with Crippen molar-refractivity contribution in [2.24, 2.45) is 11.5 Å². The van der Waals surface area contributed by atoms with Gasteiger partial charge in [0, 0.05) is 16.6 Å². The molecule has 3 nitrogen and oxygen atoms in total. The second-order valence-corrected chi connectivity index (χ2v) is 3.77. The Hall–Kier alpha value is -0.940. The Bertz CT molecular complexity index is 357. The summed E-state index contributed by atoms with van der Waals surface area (Å²) in [5.74, 6) is -1.86. The first-order valence-electron chi connectivity index (χ1n) is 4.00. The number of amides is 1. The molecule has 0 radical (unpaired) electrons. The minimum atomic E-state index is -0.761. The highest BCUT2D eigenvalue weighted by molar-refractivity contribution is 9.10. The Balaban J connectivity index is 3.10. The van der Waals surface area contributed by atoms with E-state index in [4.69, 9.17) is 11.5 Å². The van der Waals surface area contributed by atoms with Crippen LogP contribution < -0.4 is 11.5 Å². The first-order valence-corrected chi connectivity index (χ1v) is 4.80. The Kier molecular flexibility index (Phi) is 3.60. The van der Waals surface area contributed by atoms with Crippen molar-refractivity contribution >= 4 is 21.8 Å². The standard InChI is InChI=1S/C9H10BrFN2O/c10-5-1-2-6(8(11)3-5)7(4-12)9(13)14/h1-3,7H,4,12H2,(H2,13,14)/t7-/m1/s1. The highest BCUT2D eigenvalue weighted by Gasteiger charge is 2.19. The summed E-state index contributed by atoms with van der Waals surface area (Å²) >= 11 is 3.12. The van der Waals surface area contributed by atoms with Crippen LogP contribution in [0.25, 0.3) is 0 Å². The fourth-order valence-corrected chi connectivity index (χ4v) is 1.51. The van der Waals surface area contributed by atoms with Gasteiger partial charge in [0.25, 0.3) is 0 Å². The van der Waals surface area contributed by atoms with Crippen LogP contribution >= 0.6 is 15.9 Å². The predicted molar refractivity (Wildman–Crippen MR) is 55.1 cm³/mol. The lowest BCUT2D eigenvalue weighted by molar-refractivity contribution is -0.119. The third-order valence-electron chi connectivity index (χ3n) is 1.92. The van der Waals surface area contributed by atoms with Gasteiger partial charge >= 0.3 is 0 Å². The smallest absolute Gasteiger partial charge is 0.226 e. The van der Waals surface area contributed by atoms with Gasteiger partial charge in [0.1, 0.15) is 5.82 Å². The van der Waals surface area contributed by atoms with E-state index in [0.29, 0.717) is 4.47 Å². The summed E-state index contributed by atoms with van der Waals surface area (Å²) in [5, 5.41) is 0. The quantitative estimate of drug-likeness (QED) is 0.855. The molecule has 0 saturated carbocycles. The summed E-state index contributed by atoms with van der Waals surface area (Å²) in [5.41, 5.74) is 10.7. The number of hydrogen-bond acceptors (Lipinski definition) is 2. The number of carbonyl (C=O) groups excluding carboxylic acids is 1. The lowest BCUT2D eigenvalue weighted by Crippen LogP contribution is -2.28. The number of halogens is 2. The summed E-state index contributed by atoms with van der Waals surface area (Å²) in [6.07, 6.45) is 0. The molecular weight excluding hydrogens is 251 g/mol. The molecule has 0 aliphatic heterocycles. The van der Waals surface area contributed by atoms with Gasteiger partial charge in [0.15, 0.2) is 0 Å². The molecule has 0 heterocycles. The first kappa shape index (κ1) is 11.1. The molecule has 1 aromatic rings. The van der Waals surface area contributed by atoms with E-state index < -0.39 is 17.6 Å². The molecule has 0 fully saturated rings. The van der Waals surface area contributed by atoms with Gasteiger partial charge in [-0.2, -0.15) is 0 Å². The summed E-state index contributed by atoms with van der Waals surface area (Å²) in [4.78, 5) is 10.9. The molecule has 0 aliphatic rings. The summed E-state index contributed by atoms with van der Waals surface area (Å²) in [6.45, 7) is 0.00782. The number of rotatable bonds is 3. The lowest BCUT2D eigenvalue weighted by atomic mass is 9.98.